The summed E-state index contributed by atoms with van der Waals surface area (Å²) in [6.45, 7) is 1.68. The molecule has 0 amide bonds. The second-order valence-electron chi connectivity index (χ2n) is 3.40. The molecule has 15 heavy (non-hydrogen) atoms. The Morgan fingerprint density at radius 1 is 1.60 bits per heavy atom. The molecule has 1 heterocycles. The van der Waals surface area contributed by atoms with Crippen molar-refractivity contribution in [3.8, 4) is 0 Å². The van der Waals surface area contributed by atoms with Crippen molar-refractivity contribution in [3.05, 3.63) is 34.2 Å². The molecule has 0 bridgehead atoms. The minimum Gasteiger partial charge on any atom is -0.481 e. The van der Waals surface area contributed by atoms with E-state index in [1.165, 1.54) is 10.8 Å². The van der Waals surface area contributed by atoms with Gasteiger partial charge in [0.05, 0.1) is 19.1 Å². The summed E-state index contributed by atoms with van der Waals surface area (Å²) in [4.78, 5) is 21.8. The fourth-order valence-electron chi connectivity index (χ4n) is 1.29. The van der Waals surface area contributed by atoms with Gasteiger partial charge in [0.1, 0.15) is 0 Å². The zero-order valence-corrected chi connectivity index (χ0v) is 8.38. The van der Waals surface area contributed by atoms with Crippen LogP contribution in [0.4, 0.5) is 0 Å². The van der Waals surface area contributed by atoms with Gasteiger partial charge in [-0.05, 0) is 13.0 Å². The maximum atomic E-state index is 11.5. The SMILES string of the molecule is Cc1cccn(CC(O)CC(=O)O)c1=O. The number of nitrogens with zero attached hydrogens (tertiary/aromatic N) is 1. The predicted molar refractivity (Wildman–Crippen MR) is 53.7 cm³/mol. The number of hydrogen-bond donors (Lipinski definition) is 2. The Hall–Kier alpha value is -1.62. The zero-order chi connectivity index (χ0) is 11.4. The molecule has 1 atom stereocenters. The van der Waals surface area contributed by atoms with Gasteiger partial charge in [-0.3, -0.25) is 9.59 Å². The van der Waals surface area contributed by atoms with Crippen LogP contribution in [-0.4, -0.2) is 26.9 Å². The number of rotatable bonds is 4. The molecular formula is C10H13NO4. The van der Waals surface area contributed by atoms with Gasteiger partial charge in [-0.1, -0.05) is 6.07 Å². The number of aliphatic carboxylic acids is 1. The number of hydrogen-bond acceptors (Lipinski definition) is 3. The molecule has 1 aromatic heterocycles. The highest BCUT2D eigenvalue weighted by Crippen LogP contribution is 1.96. The van der Waals surface area contributed by atoms with Crippen LogP contribution in [0, 0.1) is 6.92 Å². The van der Waals surface area contributed by atoms with Crippen LogP contribution in [0.15, 0.2) is 23.1 Å². The Labute approximate surface area is 86.6 Å². The van der Waals surface area contributed by atoms with E-state index in [4.69, 9.17) is 5.11 Å². The average molecular weight is 211 g/mol. The van der Waals surface area contributed by atoms with Crippen LogP contribution in [0.5, 0.6) is 0 Å². The van der Waals surface area contributed by atoms with Crippen molar-refractivity contribution in [2.45, 2.75) is 26.0 Å². The van der Waals surface area contributed by atoms with Crippen molar-refractivity contribution in [2.24, 2.45) is 0 Å². The summed E-state index contributed by atoms with van der Waals surface area (Å²) in [5, 5.41) is 17.8. The van der Waals surface area contributed by atoms with E-state index < -0.39 is 12.1 Å². The third kappa shape index (κ3) is 3.21. The molecule has 0 aromatic carbocycles. The molecule has 2 N–H and O–H groups in total. The Morgan fingerprint density at radius 2 is 2.27 bits per heavy atom. The van der Waals surface area contributed by atoms with Crippen LogP contribution in [0.2, 0.25) is 0 Å². The molecule has 82 valence electrons. The van der Waals surface area contributed by atoms with E-state index in [1.807, 2.05) is 0 Å². The summed E-state index contributed by atoms with van der Waals surface area (Å²) in [6.07, 6.45) is 0.128. The standard InChI is InChI=1S/C10H13NO4/c1-7-3-2-4-11(10(7)15)6-8(12)5-9(13)14/h2-4,8,12H,5-6H2,1H3,(H,13,14). The molecule has 0 radical (unpaired) electrons. The van der Waals surface area contributed by atoms with Crippen LogP contribution >= 0.6 is 0 Å². The van der Waals surface area contributed by atoms with E-state index in [9.17, 15) is 14.7 Å². The number of pyridine rings is 1. The number of aryl methyl sites for hydroxylation is 1. The minimum atomic E-state index is -1.08. The third-order valence-corrected chi connectivity index (χ3v) is 2.03. The van der Waals surface area contributed by atoms with Gasteiger partial charge in [0.2, 0.25) is 0 Å². The molecule has 5 heteroatoms. The normalized spacial score (nSPS) is 12.4. The molecular weight excluding hydrogens is 198 g/mol. The number of aromatic nitrogens is 1. The smallest absolute Gasteiger partial charge is 0.306 e. The summed E-state index contributed by atoms with van der Waals surface area (Å²) >= 11 is 0. The van der Waals surface area contributed by atoms with Gasteiger partial charge in [-0.25, -0.2) is 0 Å². The van der Waals surface area contributed by atoms with Crippen molar-refractivity contribution in [1.29, 1.82) is 0 Å². The number of carbonyl (C=O) groups is 1. The van der Waals surface area contributed by atoms with Gasteiger partial charge in [0.15, 0.2) is 0 Å². The largest absolute Gasteiger partial charge is 0.481 e. The quantitative estimate of drug-likeness (QED) is 0.734. The van der Waals surface area contributed by atoms with E-state index >= 15 is 0 Å². The van der Waals surface area contributed by atoms with Crippen molar-refractivity contribution >= 4 is 5.97 Å². The van der Waals surface area contributed by atoms with Crippen LogP contribution in [0.3, 0.4) is 0 Å². The van der Waals surface area contributed by atoms with Gasteiger partial charge in [-0.15, -0.1) is 0 Å². The van der Waals surface area contributed by atoms with E-state index in [-0.39, 0.29) is 18.5 Å². The van der Waals surface area contributed by atoms with E-state index in [2.05, 4.69) is 0 Å². The van der Waals surface area contributed by atoms with Crippen molar-refractivity contribution < 1.29 is 15.0 Å². The monoisotopic (exact) mass is 211 g/mol. The maximum absolute atomic E-state index is 11.5. The lowest BCUT2D eigenvalue weighted by Crippen LogP contribution is -2.28. The lowest BCUT2D eigenvalue weighted by atomic mass is 10.2. The summed E-state index contributed by atoms with van der Waals surface area (Å²) in [6, 6.07) is 3.35. The fraction of sp³-hybridized carbons (Fsp3) is 0.400. The lowest BCUT2D eigenvalue weighted by molar-refractivity contribution is -0.139. The van der Waals surface area contributed by atoms with E-state index in [0.717, 1.165) is 0 Å². The molecule has 5 nitrogen and oxygen atoms in total. The topological polar surface area (TPSA) is 79.5 Å². The zero-order valence-electron chi connectivity index (χ0n) is 8.38. The first-order valence-corrected chi connectivity index (χ1v) is 4.56. The Kier molecular flexibility index (Phi) is 3.62. The number of carboxylic acid groups (broad SMARTS) is 1. The molecule has 1 unspecified atom stereocenters. The van der Waals surface area contributed by atoms with Crippen molar-refractivity contribution in [3.63, 3.8) is 0 Å². The predicted octanol–water partition coefficient (Wildman–Crippen LogP) is -0.00768. The number of carboxylic acids is 1. The van der Waals surface area contributed by atoms with Crippen LogP contribution in [0.25, 0.3) is 0 Å². The first-order valence-electron chi connectivity index (χ1n) is 4.56. The summed E-state index contributed by atoms with van der Waals surface area (Å²) in [7, 11) is 0. The second-order valence-corrected chi connectivity index (χ2v) is 3.40. The molecule has 1 rings (SSSR count). The Bertz CT molecular complexity index is 410. The summed E-state index contributed by atoms with van der Waals surface area (Å²) in [5.74, 6) is -1.08. The second kappa shape index (κ2) is 4.75. The van der Waals surface area contributed by atoms with Crippen molar-refractivity contribution in [2.75, 3.05) is 0 Å². The summed E-state index contributed by atoms with van der Waals surface area (Å²) < 4.78 is 1.31. The summed E-state index contributed by atoms with van der Waals surface area (Å²) in [5.41, 5.74) is 0.363. The maximum Gasteiger partial charge on any atom is 0.306 e. The van der Waals surface area contributed by atoms with Gasteiger partial charge < -0.3 is 14.8 Å². The van der Waals surface area contributed by atoms with Gasteiger partial charge >= 0.3 is 5.97 Å². The third-order valence-electron chi connectivity index (χ3n) is 2.03. The molecule has 0 saturated heterocycles. The molecule has 0 aliphatic rings. The Balaban J connectivity index is 2.77. The van der Waals surface area contributed by atoms with E-state index in [0.29, 0.717) is 5.56 Å². The van der Waals surface area contributed by atoms with Gasteiger partial charge in [-0.2, -0.15) is 0 Å². The first-order chi connectivity index (χ1) is 7.00. The van der Waals surface area contributed by atoms with Crippen LogP contribution in [0.1, 0.15) is 12.0 Å². The van der Waals surface area contributed by atoms with Crippen LogP contribution in [-0.2, 0) is 11.3 Å². The molecule has 0 fully saturated rings. The number of aliphatic hydroxyl groups excluding tert-OH is 1. The van der Waals surface area contributed by atoms with Crippen LogP contribution < -0.4 is 5.56 Å². The highest BCUT2D eigenvalue weighted by atomic mass is 16.4. The van der Waals surface area contributed by atoms with Gasteiger partial charge in [0.25, 0.3) is 5.56 Å². The Morgan fingerprint density at radius 3 is 2.87 bits per heavy atom. The lowest BCUT2D eigenvalue weighted by Gasteiger charge is -2.10. The molecule has 0 aliphatic carbocycles. The van der Waals surface area contributed by atoms with Crippen molar-refractivity contribution in [1.82, 2.24) is 4.57 Å². The first kappa shape index (κ1) is 11.5. The molecule has 0 aliphatic heterocycles. The fourth-order valence-corrected chi connectivity index (χ4v) is 1.29. The minimum absolute atomic E-state index is 0.00676. The molecule has 1 aromatic rings. The van der Waals surface area contributed by atoms with Gasteiger partial charge in [0, 0.05) is 11.8 Å². The molecule has 0 saturated carbocycles. The number of aliphatic hydroxyl groups is 1. The average Bonchev–Trinajstić information content (AvgIpc) is 2.11. The molecule has 0 spiro atoms. The van der Waals surface area contributed by atoms with E-state index in [1.54, 1.807) is 19.1 Å². The highest BCUT2D eigenvalue weighted by Gasteiger charge is 2.10. The highest BCUT2D eigenvalue weighted by molar-refractivity contribution is 5.67.